The van der Waals surface area contributed by atoms with Gasteiger partial charge in [0.15, 0.2) is 0 Å². The number of hydrogen-bond donors (Lipinski definition) is 2. The van der Waals surface area contributed by atoms with Crippen LogP contribution < -0.4 is 10.6 Å². The molecule has 0 aliphatic heterocycles. The summed E-state index contributed by atoms with van der Waals surface area (Å²) in [6.07, 6.45) is 3.53. The van der Waals surface area contributed by atoms with E-state index in [1.807, 2.05) is 30.1 Å². The van der Waals surface area contributed by atoms with Crippen LogP contribution in [-0.4, -0.2) is 17.9 Å². The number of nitrogen functional groups attached to an aromatic ring is 1. The first kappa shape index (κ1) is 13.4. The van der Waals surface area contributed by atoms with Crippen LogP contribution in [-0.2, 0) is 6.54 Å². The molecule has 0 aliphatic carbocycles. The largest absolute Gasteiger partial charge is 0.384 e. The second-order valence-electron chi connectivity index (χ2n) is 4.29. The number of benzene rings is 1. The lowest BCUT2D eigenvalue weighted by Crippen LogP contribution is -2.17. The molecule has 0 unspecified atom stereocenters. The molecule has 0 spiro atoms. The van der Waals surface area contributed by atoms with Crippen molar-refractivity contribution in [2.75, 3.05) is 11.9 Å². The van der Waals surface area contributed by atoms with E-state index in [4.69, 9.17) is 22.7 Å². The third-order valence-electron chi connectivity index (χ3n) is 2.84. The second-order valence-corrected chi connectivity index (χ2v) is 4.70. The Kier molecular flexibility index (Phi) is 4.02. The van der Waals surface area contributed by atoms with Crippen molar-refractivity contribution < 1.29 is 0 Å². The van der Waals surface area contributed by atoms with Crippen LogP contribution in [0.2, 0.25) is 5.02 Å². The number of anilines is 1. The lowest BCUT2D eigenvalue weighted by Gasteiger charge is -2.21. The van der Waals surface area contributed by atoms with Gasteiger partial charge in [0.05, 0.1) is 10.7 Å². The molecule has 1 aromatic heterocycles. The zero-order valence-electron chi connectivity index (χ0n) is 10.6. The van der Waals surface area contributed by atoms with Crippen LogP contribution >= 0.6 is 11.6 Å². The topological polar surface area (TPSA) is 66.0 Å². The van der Waals surface area contributed by atoms with Crippen LogP contribution in [0.15, 0.2) is 42.7 Å². The van der Waals surface area contributed by atoms with Gasteiger partial charge in [0.2, 0.25) is 0 Å². The summed E-state index contributed by atoms with van der Waals surface area (Å²) >= 11 is 6.23. The van der Waals surface area contributed by atoms with Crippen molar-refractivity contribution in [3.8, 4) is 0 Å². The molecule has 0 saturated carbocycles. The average molecular weight is 275 g/mol. The van der Waals surface area contributed by atoms with E-state index in [9.17, 15) is 0 Å². The first-order valence-corrected chi connectivity index (χ1v) is 6.19. The molecule has 0 fully saturated rings. The van der Waals surface area contributed by atoms with Gasteiger partial charge in [-0.1, -0.05) is 11.6 Å². The predicted octanol–water partition coefficient (Wildman–Crippen LogP) is 2.66. The van der Waals surface area contributed by atoms with Crippen LogP contribution in [0.25, 0.3) is 0 Å². The molecule has 0 radical (unpaired) electrons. The van der Waals surface area contributed by atoms with Crippen molar-refractivity contribution >= 4 is 23.1 Å². The van der Waals surface area contributed by atoms with E-state index in [1.165, 1.54) is 0 Å². The van der Waals surface area contributed by atoms with Crippen molar-refractivity contribution in [1.82, 2.24) is 4.98 Å². The fourth-order valence-corrected chi connectivity index (χ4v) is 2.16. The molecule has 19 heavy (non-hydrogen) atoms. The third kappa shape index (κ3) is 3.23. The number of nitrogens with one attached hydrogen (secondary N) is 1. The molecule has 3 N–H and O–H groups in total. The van der Waals surface area contributed by atoms with E-state index in [0.29, 0.717) is 10.6 Å². The van der Waals surface area contributed by atoms with E-state index >= 15 is 0 Å². The number of nitrogens with zero attached hydrogens (tertiary/aromatic N) is 2. The lowest BCUT2D eigenvalue weighted by molar-refractivity contribution is 0.919. The van der Waals surface area contributed by atoms with Gasteiger partial charge >= 0.3 is 0 Å². The maximum atomic E-state index is 7.39. The molecule has 0 amide bonds. The highest BCUT2D eigenvalue weighted by Gasteiger charge is 2.08. The fraction of sp³-hybridized carbons (Fsp3) is 0.143. The van der Waals surface area contributed by atoms with E-state index in [-0.39, 0.29) is 5.84 Å². The van der Waals surface area contributed by atoms with E-state index in [2.05, 4.69) is 4.98 Å². The van der Waals surface area contributed by atoms with Gasteiger partial charge < -0.3 is 10.6 Å². The molecule has 2 rings (SSSR count). The Labute approximate surface area is 117 Å². The van der Waals surface area contributed by atoms with Gasteiger partial charge in [-0.3, -0.25) is 10.4 Å². The maximum Gasteiger partial charge on any atom is 0.122 e. The zero-order chi connectivity index (χ0) is 13.8. The molecule has 98 valence electrons. The summed E-state index contributed by atoms with van der Waals surface area (Å²) in [5.74, 6) is 0.0187. The SMILES string of the molecule is CN(Cc1ccncc1)c1ccc(C(=N)N)cc1Cl. The summed E-state index contributed by atoms with van der Waals surface area (Å²) < 4.78 is 0. The Hall–Kier alpha value is -2.07. The van der Waals surface area contributed by atoms with Crippen LogP contribution in [0.3, 0.4) is 0 Å². The highest BCUT2D eigenvalue weighted by molar-refractivity contribution is 6.33. The van der Waals surface area contributed by atoms with Gasteiger partial charge in [-0.15, -0.1) is 0 Å². The molecule has 1 aromatic carbocycles. The molecule has 0 bridgehead atoms. The van der Waals surface area contributed by atoms with Crippen LogP contribution in [0.4, 0.5) is 5.69 Å². The van der Waals surface area contributed by atoms with Crippen LogP contribution in [0, 0.1) is 5.41 Å². The van der Waals surface area contributed by atoms with Crippen molar-refractivity contribution in [3.05, 3.63) is 58.9 Å². The Balaban J connectivity index is 2.20. The number of hydrogen-bond acceptors (Lipinski definition) is 3. The van der Waals surface area contributed by atoms with E-state index in [1.54, 1.807) is 24.5 Å². The molecular weight excluding hydrogens is 260 g/mol. The standard InChI is InChI=1S/C14H15ClN4/c1-19(9-10-4-6-18-7-5-10)13-3-2-11(14(16)17)8-12(13)15/h2-8H,9H2,1H3,(H3,16,17). The van der Waals surface area contributed by atoms with Gasteiger partial charge in [-0.2, -0.15) is 0 Å². The summed E-state index contributed by atoms with van der Waals surface area (Å²) in [4.78, 5) is 6.04. The number of amidine groups is 1. The first-order chi connectivity index (χ1) is 9.08. The first-order valence-electron chi connectivity index (χ1n) is 5.82. The summed E-state index contributed by atoms with van der Waals surface area (Å²) in [5.41, 5.74) is 8.13. The molecule has 0 atom stereocenters. The van der Waals surface area contributed by atoms with Crippen LogP contribution in [0.5, 0.6) is 0 Å². The molecule has 0 saturated heterocycles. The van der Waals surface area contributed by atoms with Crippen LogP contribution in [0.1, 0.15) is 11.1 Å². The van der Waals surface area contributed by atoms with Gasteiger partial charge in [0, 0.05) is 31.5 Å². The van der Waals surface area contributed by atoms with Gasteiger partial charge in [-0.05, 0) is 35.9 Å². The number of rotatable bonds is 4. The monoisotopic (exact) mass is 274 g/mol. The van der Waals surface area contributed by atoms with Gasteiger partial charge in [0.25, 0.3) is 0 Å². The maximum absolute atomic E-state index is 7.39. The molecular formula is C14H15ClN4. The number of halogens is 1. The average Bonchev–Trinajstić information content (AvgIpc) is 2.39. The smallest absolute Gasteiger partial charge is 0.122 e. The molecule has 5 heteroatoms. The fourth-order valence-electron chi connectivity index (χ4n) is 1.83. The number of aromatic nitrogens is 1. The molecule has 1 heterocycles. The third-order valence-corrected chi connectivity index (χ3v) is 3.14. The van der Waals surface area contributed by atoms with Crippen molar-refractivity contribution in [2.24, 2.45) is 5.73 Å². The molecule has 2 aromatic rings. The number of nitrogens with two attached hydrogens (primary N) is 1. The Morgan fingerprint density at radius 2 is 2.00 bits per heavy atom. The van der Waals surface area contributed by atoms with Gasteiger partial charge in [0.1, 0.15) is 5.84 Å². The second kappa shape index (κ2) is 5.71. The predicted molar refractivity (Wildman–Crippen MR) is 78.8 cm³/mol. The summed E-state index contributed by atoms with van der Waals surface area (Å²) in [7, 11) is 1.97. The minimum atomic E-state index is 0.0187. The summed E-state index contributed by atoms with van der Waals surface area (Å²) in [6, 6.07) is 9.32. The zero-order valence-corrected chi connectivity index (χ0v) is 11.4. The minimum Gasteiger partial charge on any atom is -0.384 e. The molecule has 0 aliphatic rings. The van der Waals surface area contributed by atoms with E-state index in [0.717, 1.165) is 17.8 Å². The summed E-state index contributed by atoms with van der Waals surface area (Å²) in [6.45, 7) is 0.738. The number of pyridine rings is 1. The Morgan fingerprint density at radius 1 is 1.32 bits per heavy atom. The minimum absolute atomic E-state index is 0.0187. The molecule has 4 nitrogen and oxygen atoms in total. The highest BCUT2D eigenvalue weighted by atomic mass is 35.5. The lowest BCUT2D eigenvalue weighted by atomic mass is 10.1. The van der Waals surface area contributed by atoms with Gasteiger partial charge in [-0.25, -0.2) is 0 Å². The normalized spacial score (nSPS) is 10.2. The quantitative estimate of drug-likeness (QED) is 0.665. The summed E-state index contributed by atoms with van der Waals surface area (Å²) in [5, 5.41) is 7.98. The Bertz CT molecular complexity index is 583. The van der Waals surface area contributed by atoms with E-state index < -0.39 is 0 Å². The van der Waals surface area contributed by atoms with Crippen molar-refractivity contribution in [2.45, 2.75) is 6.54 Å². The highest BCUT2D eigenvalue weighted by Crippen LogP contribution is 2.27. The van der Waals surface area contributed by atoms with Crippen molar-refractivity contribution in [1.29, 1.82) is 5.41 Å². The Morgan fingerprint density at radius 3 is 2.58 bits per heavy atom. The van der Waals surface area contributed by atoms with Crippen molar-refractivity contribution in [3.63, 3.8) is 0 Å².